The van der Waals surface area contributed by atoms with Crippen molar-refractivity contribution < 1.29 is 9.90 Å². The lowest BCUT2D eigenvalue weighted by molar-refractivity contribution is 0.0956. The van der Waals surface area contributed by atoms with Gasteiger partial charge < -0.3 is 5.11 Å². The maximum absolute atomic E-state index is 12.9. The van der Waals surface area contributed by atoms with E-state index in [-0.39, 0.29) is 11.7 Å². The second-order valence-corrected chi connectivity index (χ2v) is 8.18. The highest BCUT2D eigenvalue weighted by Crippen LogP contribution is 2.32. The molecule has 3 aromatic carbocycles. The van der Waals surface area contributed by atoms with E-state index >= 15 is 0 Å². The Bertz CT molecular complexity index is 1250. The number of fused-ring (bicyclic) bond motifs is 1. The van der Waals surface area contributed by atoms with Crippen LogP contribution >= 0.6 is 31.9 Å². The molecule has 0 unspecified atom stereocenters. The number of pyridine rings is 1. The first-order chi connectivity index (χ1) is 14.5. The number of hydrazone groups is 1. The van der Waals surface area contributed by atoms with Gasteiger partial charge in [0.2, 0.25) is 0 Å². The van der Waals surface area contributed by atoms with Crippen molar-refractivity contribution >= 4 is 54.9 Å². The van der Waals surface area contributed by atoms with Crippen LogP contribution in [0.1, 0.15) is 15.9 Å². The summed E-state index contributed by atoms with van der Waals surface area (Å²) in [5, 5.41) is 14.6. The van der Waals surface area contributed by atoms with Crippen LogP contribution in [-0.4, -0.2) is 22.2 Å². The molecule has 0 radical (unpaired) electrons. The number of nitrogens with one attached hydrogen (secondary N) is 1. The van der Waals surface area contributed by atoms with Crippen molar-refractivity contribution in [2.45, 2.75) is 0 Å². The summed E-state index contributed by atoms with van der Waals surface area (Å²) < 4.78 is 1.05. The zero-order chi connectivity index (χ0) is 21.1. The van der Waals surface area contributed by atoms with E-state index in [1.54, 1.807) is 18.2 Å². The highest BCUT2D eigenvalue weighted by molar-refractivity contribution is 9.11. The normalized spacial score (nSPS) is 11.1. The third kappa shape index (κ3) is 4.27. The lowest BCUT2D eigenvalue weighted by atomic mass is 10.0. The maximum Gasteiger partial charge on any atom is 0.272 e. The highest BCUT2D eigenvalue weighted by atomic mass is 79.9. The number of phenolic OH excluding ortho intramolecular Hbond substituents is 1. The Kier molecular flexibility index (Phi) is 5.92. The van der Waals surface area contributed by atoms with Crippen LogP contribution in [0.5, 0.6) is 5.75 Å². The minimum Gasteiger partial charge on any atom is -0.506 e. The van der Waals surface area contributed by atoms with Gasteiger partial charge in [-0.15, -0.1) is 0 Å². The average molecular weight is 525 g/mol. The van der Waals surface area contributed by atoms with Crippen molar-refractivity contribution in [3.05, 3.63) is 92.9 Å². The molecular weight excluding hydrogens is 510 g/mol. The monoisotopic (exact) mass is 523 g/mol. The van der Waals surface area contributed by atoms with Gasteiger partial charge in [-0.05, 0) is 61.7 Å². The SMILES string of the molecule is O=C(N/N=C/c1cc(Br)c(O)c(Br)c1)c1cc(-c2ccccc2)nc2ccccc12. The number of carbonyl (C=O) groups is 1. The molecule has 4 rings (SSSR count). The lowest BCUT2D eigenvalue weighted by Gasteiger charge is -2.09. The minimum atomic E-state index is -0.334. The van der Waals surface area contributed by atoms with Crippen LogP contribution in [0.4, 0.5) is 0 Å². The molecule has 1 amide bonds. The van der Waals surface area contributed by atoms with Gasteiger partial charge in [0.05, 0.1) is 31.9 Å². The van der Waals surface area contributed by atoms with E-state index in [4.69, 9.17) is 4.98 Å². The zero-order valence-electron chi connectivity index (χ0n) is 15.5. The standard InChI is InChI=1S/C23H15Br2N3O2/c24-18-10-14(11-19(25)22(18)29)13-26-28-23(30)17-12-21(15-6-2-1-3-7-15)27-20-9-5-4-8-16(17)20/h1-13,29H,(H,28,30)/b26-13+. The molecule has 1 aromatic heterocycles. The molecule has 0 fully saturated rings. The van der Waals surface area contributed by atoms with Gasteiger partial charge in [-0.1, -0.05) is 48.5 Å². The number of hydrogen-bond acceptors (Lipinski definition) is 4. The van der Waals surface area contributed by atoms with E-state index < -0.39 is 0 Å². The van der Waals surface area contributed by atoms with E-state index in [0.717, 1.165) is 22.2 Å². The maximum atomic E-state index is 12.9. The van der Waals surface area contributed by atoms with Crippen LogP contribution in [0.3, 0.4) is 0 Å². The molecule has 1 heterocycles. The van der Waals surface area contributed by atoms with Gasteiger partial charge in [0.25, 0.3) is 5.91 Å². The Morgan fingerprint density at radius 1 is 0.967 bits per heavy atom. The van der Waals surface area contributed by atoms with Gasteiger partial charge >= 0.3 is 0 Å². The fourth-order valence-corrected chi connectivity index (χ4v) is 4.23. The second-order valence-electron chi connectivity index (χ2n) is 6.47. The summed E-state index contributed by atoms with van der Waals surface area (Å²) in [5.41, 5.74) is 6.16. The number of halogens is 2. The van der Waals surface area contributed by atoms with E-state index in [0.29, 0.717) is 20.1 Å². The molecular formula is C23H15Br2N3O2. The van der Waals surface area contributed by atoms with E-state index in [1.165, 1.54) is 6.21 Å². The smallest absolute Gasteiger partial charge is 0.272 e. The van der Waals surface area contributed by atoms with Crippen LogP contribution in [0.2, 0.25) is 0 Å². The Hall–Kier alpha value is -3.03. The third-order valence-corrected chi connectivity index (χ3v) is 5.66. The second kappa shape index (κ2) is 8.77. The Morgan fingerprint density at radius 2 is 1.63 bits per heavy atom. The van der Waals surface area contributed by atoms with Gasteiger partial charge in [0, 0.05) is 10.9 Å². The molecule has 7 heteroatoms. The van der Waals surface area contributed by atoms with Crippen molar-refractivity contribution in [2.24, 2.45) is 5.10 Å². The van der Waals surface area contributed by atoms with Gasteiger partial charge in [0.1, 0.15) is 5.75 Å². The number of nitrogens with zero attached hydrogens (tertiary/aromatic N) is 2. The van der Waals surface area contributed by atoms with Crippen molar-refractivity contribution in [3.63, 3.8) is 0 Å². The summed E-state index contributed by atoms with van der Waals surface area (Å²) in [4.78, 5) is 17.6. The number of benzene rings is 3. The molecule has 0 atom stereocenters. The van der Waals surface area contributed by atoms with E-state index in [9.17, 15) is 9.90 Å². The van der Waals surface area contributed by atoms with Crippen LogP contribution in [0.15, 0.2) is 86.8 Å². The fourth-order valence-electron chi connectivity index (χ4n) is 3.01. The fraction of sp³-hybridized carbons (Fsp3) is 0. The first-order valence-corrected chi connectivity index (χ1v) is 10.6. The Morgan fingerprint density at radius 3 is 2.37 bits per heavy atom. The van der Waals surface area contributed by atoms with Crippen molar-refractivity contribution in [1.29, 1.82) is 0 Å². The number of aromatic hydroxyl groups is 1. The Balaban J connectivity index is 1.66. The molecule has 0 spiro atoms. The highest BCUT2D eigenvalue weighted by Gasteiger charge is 2.13. The molecule has 0 aliphatic carbocycles. The minimum absolute atomic E-state index is 0.105. The van der Waals surface area contributed by atoms with Gasteiger partial charge in [-0.25, -0.2) is 10.4 Å². The van der Waals surface area contributed by atoms with E-state index in [2.05, 4.69) is 42.4 Å². The largest absolute Gasteiger partial charge is 0.506 e. The van der Waals surface area contributed by atoms with Gasteiger partial charge in [-0.2, -0.15) is 5.10 Å². The predicted octanol–water partition coefficient (Wildman–Crippen LogP) is 5.90. The summed E-state index contributed by atoms with van der Waals surface area (Å²) >= 11 is 6.55. The van der Waals surface area contributed by atoms with Crippen molar-refractivity contribution in [3.8, 4) is 17.0 Å². The summed E-state index contributed by atoms with van der Waals surface area (Å²) in [6, 6.07) is 22.4. The van der Waals surface area contributed by atoms with Crippen molar-refractivity contribution in [2.75, 3.05) is 0 Å². The van der Waals surface area contributed by atoms with Gasteiger partial charge in [0.15, 0.2) is 0 Å². The molecule has 0 bridgehead atoms. The average Bonchev–Trinajstić information content (AvgIpc) is 2.77. The quantitative estimate of drug-likeness (QED) is 0.258. The topological polar surface area (TPSA) is 74.6 Å². The number of carbonyl (C=O) groups excluding carboxylic acids is 1. The summed E-state index contributed by atoms with van der Waals surface area (Å²) in [6.45, 7) is 0. The number of phenols is 1. The van der Waals surface area contributed by atoms with Crippen molar-refractivity contribution in [1.82, 2.24) is 10.4 Å². The molecule has 148 valence electrons. The zero-order valence-corrected chi connectivity index (χ0v) is 18.7. The molecule has 2 N–H and O–H groups in total. The van der Waals surface area contributed by atoms with Crippen LogP contribution in [0.25, 0.3) is 22.2 Å². The van der Waals surface area contributed by atoms with Gasteiger partial charge in [-0.3, -0.25) is 4.79 Å². The predicted molar refractivity (Wildman–Crippen MR) is 126 cm³/mol. The lowest BCUT2D eigenvalue weighted by Crippen LogP contribution is -2.18. The summed E-state index contributed by atoms with van der Waals surface area (Å²) in [7, 11) is 0. The molecule has 4 aromatic rings. The van der Waals surface area contributed by atoms with Crippen LogP contribution in [0, 0.1) is 0 Å². The van der Waals surface area contributed by atoms with E-state index in [1.807, 2.05) is 54.6 Å². The summed E-state index contributed by atoms with van der Waals surface area (Å²) in [6.07, 6.45) is 1.51. The molecule has 0 saturated carbocycles. The third-order valence-electron chi connectivity index (χ3n) is 4.45. The number of rotatable bonds is 4. The Labute approximate surface area is 189 Å². The first-order valence-electron chi connectivity index (χ1n) is 8.99. The first kappa shape index (κ1) is 20.3. The number of para-hydroxylation sites is 1. The van der Waals surface area contributed by atoms with Crippen LogP contribution in [-0.2, 0) is 0 Å². The number of hydrogen-bond donors (Lipinski definition) is 2. The molecule has 0 aliphatic rings. The molecule has 0 saturated heterocycles. The molecule has 0 aliphatic heterocycles. The van der Waals surface area contributed by atoms with Crippen LogP contribution < -0.4 is 5.43 Å². The molecule has 30 heavy (non-hydrogen) atoms. The number of aromatic nitrogens is 1. The summed E-state index contributed by atoms with van der Waals surface area (Å²) in [5.74, 6) is -0.230. The number of amides is 1. The molecule has 5 nitrogen and oxygen atoms in total.